The monoisotopic (exact) mass is 184 g/mol. The molecule has 2 N–H and O–H groups in total. The molecule has 2 atom stereocenters. The molecule has 2 fully saturated rings. The Hall–Kier alpha value is -0.120. The maximum atomic E-state index is 8.85. The molecule has 0 bridgehead atoms. The Morgan fingerprint density at radius 3 is 3.00 bits per heavy atom. The quantitative estimate of drug-likeness (QED) is 0.651. The molecule has 3 heteroatoms. The highest BCUT2D eigenvalue weighted by atomic mass is 16.3. The molecule has 3 nitrogen and oxygen atoms in total. The van der Waals surface area contributed by atoms with E-state index in [1.54, 1.807) is 0 Å². The van der Waals surface area contributed by atoms with E-state index in [0.29, 0.717) is 6.61 Å². The molecule has 2 aliphatic heterocycles. The third-order valence-corrected chi connectivity index (χ3v) is 3.41. The van der Waals surface area contributed by atoms with Crippen LogP contribution in [0.1, 0.15) is 19.3 Å². The van der Waals surface area contributed by atoms with Gasteiger partial charge < -0.3 is 10.4 Å². The van der Waals surface area contributed by atoms with E-state index in [1.807, 2.05) is 0 Å². The topological polar surface area (TPSA) is 35.5 Å². The average Bonchev–Trinajstić information content (AvgIpc) is 2.70. The minimum atomic E-state index is 0.363. The van der Waals surface area contributed by atoms with Gasteiger partial charge in [0.05, 0.1) is 0 Å². The Morgan fingerprint density at radius 1 is 1.38 bits per heavy atom. The molecule has 0 aromatic rings. The molecule has 2 unspecified atom stereocenters. The Kier molecular flexibility index (Phi) is 3.19. The van der Waals surface area contributed by atoms with Crippen LogP contribution in [0.25, 0.3) is 0 Å². The summed E-state index contributed by atoms with van der Waals surface area (Å²) in [5.74, 6) is 0.755. The number of aliphatic hydroxyl groups excluding tert-OH is 1. The Labute approximate surface area is 80.1 Å². The first-order valence-corrected chi connectivity index (χ1v) is 5.46. The highest BCUT2D eigenvalue weighted by molar-refractivity contribution is 4.86. The number of nitrogens with zero attached hydrogens (tertiary/aromatic N) is 1. The van der Waals surface area contributed by atoms with Crippen LogP contribution in [-0.2, 0) is 0 Å². The van der Waals surface area contributed by atoms with Gasteiger partial charge in [0, 0.05) is 25.7 Å². The largest absolute Gasteiger partial charge is 0.396 e. The van der Waals surface area contributed by atoms with Crippen LogP contribution in [0.15, 0.2) is 0 Å². The van der Waals surface area contributed by atoms with Crippen molar-refractivity contribution >= 4 is 0 Å². The van der Waals surface area contributed by atoms with Gasteiger partial charge >= 0.3 is 0 Å². The van der Waals surface area contributed by atoms with Gasteiger partial charge in [-0.25, -0.2) is 0 Å². The molecule has 13 heavy (non-hydrogen) atoms. The van der Waals surface area contributed by atoms with Crippen LogP contribution in [0.4, 0.5) is 0 Å². The molecule has 0 amide bonds. The summed E-state index contributed by atoms with van der Waals surface area (Å²) in [5.41, 5.74) is 0. The van der Waals surface area contributed by atoms with Crippen LogP contribution in [0, 0.1) is 5.92 Å². The minimum Gasteiger partial charge on any atom is -0.396 e. The van der Waals surface area contributed by atoms with Crippen LogP contribution in [0.5, 0.6) is 0 Å². The van der Waals surface area contributed by atoms with Crippen LogP contribution in [-0.4, -0.2) is 48.8 Å². The molecule has 2 aliphatic rings. The van der Waals surface area contributed by atoms with Crippen molar-refractivity contribution in [3.05, 3.63) is 0 Å². The van der Waals surface area contributed by atoms with E-state index in [2.05, 4.69) is 10.2 Å². The summed E-state index contributed by atoms with van der Waals surface area (Å²) in [6.07, 6.45) is 3.60. The van der Waals surface area contributed by atoms with Gasteiger partial charge in [0.2, 0.25) is 0 Å². The van der Waals surface area contributed by atoms with Gasteiger partial charge in [0.1, 0.15) is 0 Å². The zero-order chi connectivity index (χ0) is 9.10. The number of hydrogen-bond donors (Lipinski definition) is 2. The molecule has 0 radical (unpaired) electrons. The van der Waals surface area contributed by atoms with Gasteiger partial charge in [-0.15, -0.1) is 0 Å². The fraction of sp³-hybridized carbons (Fsp3) is 1.00. The van der Waals surface area contributed by atoms with Gasteiger partial charge in [-0.1, -0.05) is 0 Å². The lowest BCUT2D eigenvalue weighted by Gasteiger charge is -2.22. The Balaban J connectivity index is 1.76. The van der Waals surface area contributed by atoms with Gasteiger partial charge in [-0.05, 0) is 38.3 Å². The zero-order valence-electron chi connectivity index (χ0n) is 8.21. The van der Waals surface area contributed by atoms with Crippen LogP contribution in [0.3, 0.4) is 0 Å². The van der Waals surface area contributed by atoms with E-state index < -0.39 is 0 Å². The summed E-state index contributed by atoms with van der Waals surface area (Å²) in [4.78, 5) is 2.60. The van der Waals surface area contributed by atoms with E-state index in [0.717, 1.165) is 18.4 Å². The number of likely N-dealkylation sites (tertiary alicyclic amines) is 1. The lowest BCUT2D eigenvalue weighted by Crippen LogP contribution is -2.34. The maximum Gasteiger partial charge on any atom is 0.0434 e. The van der Waals surface area contributed by atoms with Gasteiger partial charge in [0.25, 0.3) is 0 Å². The van der Waals surface area contributed by atoms with Crippen LogP contribution in [0.2, 0.25) is 0 Å². The van der Waals surface area contributed by atoms with Crippen molar-refractivity contribution in [1.82, 2.24) is 10.2 Å². The third-order valence-electron chi connectivity index (χ3n) is 3.41. The van der Waals surface area contributed by atoms with E-state index in [-0.39, 0.29) is 0 Å². The maximum absolute atomic E-state index is 8.85. The number of rotatable bonds is 3. The summed E-state index contributed by atoms with van der Waals surface area (Å²) in [6.45, 7) is 5.18. The summed E-state index contributed by atoms with van der Waals surface area (Å²) in [5, 5.41) is 12.3. The normalized spacial score (nSPS) is 35.8. The third kappa shape index (κ3) is 2.22. The number of aliphatic hydroxyl groups is 1. The predicted octanol–water partition coefficient (Wildman–Crippen LogP) is 0.0526. The SMILES string of the molecule is OCCC1CCN(C2CCNC2)C1. The van der Waals surface area contributed by atoms with E-state index in [1.165, 1.54) is 39.0 Å². The molecule has 2 rings (SSSR count). The van der Waals surface area contributed by atoms with Crippen molar-refractivity contribution in [2.45, 2.75) is 25.3 Å². The van der Waals surface area contributed by atoms with Crippen molar-refractivity contribution in [2.75, 3.05) is 32.8 Å². The predicted molar refractivity (Wildman–Crippen MR) is 52.7 cm³/mol. The molecular formula is C10H20N2O. The summed E-state index contributed by atoms with van der Waals surface area (Å²) in [6, 6.07) is 0.781. The first-order chi connectivity index (χ1) is 6.40. The average molecular weight is 184 g/mol. The van der Waals surface area contributed by atoms with Gasteiger partial charge in [0.15, 0.2) is 0 Å². The lowest BCUT2D eigenvalue weighted by atomic mass is 10.1. The number of hydrogen-bond acceptors (Lipinski definition) is 3. The van der Waals surface area contributed by atoms with Gasteiger partial charge in [-0.2, -0.15) is 0 Å². The molecule has 0 aromatic heterocycles. The zero-order valence-corrected chi connectivity index (χ0v) is 8.21. The molecule has 76 valence electrons. The fourth-order valence-corrected chi connectivity index (χ4v) is 2.56. The highest BCUT2D eigenvalue weighted by Gasteiger charge is 2.29. The first-order valence-electron chi connectivity index (χ1n) is 5.46. The Morgan fingerprint density at radius 2 is 2.31 bits per heavy atom. The van der Waals surface area contributed by atoms with Gasteiger partial charge in [-0.3, -0.25) is 4.90 Å². The van der Waals surface area contributed by atoms with E-state index in [9.17, 15) is 0 Å². The molecule has 0 saturated carbocycles. The molecule has 0 aliphatic carbocycles. The van der Waals surface area contributed by atoms with E-state index >= 15 is 0 Å². The molecular weight excluding hydrogens is 164 g/mol. The fourth-order valence-electron chi connectivity index (χ4n) is 2.56. The van der Waals surface area contributed by atoms with Crippen molar-refractivity contribution in [3.63, 3.8) is 0 Å². The minimum absolute atomic E-state index is 0.363. The Bertz CT molecular complexity index is 157. The molecule has 2 heterocycles. The second-order valence-corrected chi connectivity index (χ2v) is 4.31. The van der Waals surface area contributed by atoms with E-state index in [4.69, 9.17) is 5.11 Å². The van der Waals surface area contributed by atoms with Crippen molar-refractivity contribution < 1.29 is 5.11 Å². The lowest BCUT2D eigenvalue weighted by molar-refractivity contribution is 0.227. The molecule has 0 spiro atoms. The van der Waals surface area contributed by atoms with Crippen molar-refractivity contribution in [1.29, 1.82) is 0 Å². The molecule has 0 aromatic carbocycles. The smallest absolute Gasteiger partial charge is 0.0434 e. The van der Waals surface area contributed by atoms with Crippen molar-refractivity contribution in [2.24, 2.45) is 5.92 Å². The standard InChI is InChI=1S/C10H20N2O/c13-6-3-9-2-5-12(8-9)10-1-4-11-7-10/h9-11,13H,1-8H2. The second-order valence-electron chi connectivity index (χ2n) is 4.31. The first kappa shape index (κ1) is 9.44. The van der Waals surface area contributed by atoms with Crippen LogP contribution >= 0.6 is 0 Å². The van der Waals surface area contributed by atoms with Crippen LogP contribution < -0.4 is 5.32 Å². The summed E-state index contributed by atoms with van der Waals surface area (Å²) < 4.78 is 0. The summed E-state index contributed by atoms with van der Waals surface area (Å²) >= 11 is 0. The van der Waals surface area contributed by atoms with Crippen molar-refractivity contribution in [3.8, 4) is 0 Å². The summed E-state index contributed by atoms with van der Waals surface area (Å²) in [7, 11) is 0. The molecule has 2 saturated heterocycles. The second kappa shape index (κ2) is 4.40. The highest BCUT2D eigenvalue weighted by Crippen LogP contribution is 2.23. The number of nitrogens with one attached hydrogen (secondary N) is 1.